The van der Waals surface area contributed by atoms with Gasteiger partial charge in [-0.05, 0) is 24.7 Å². The number of nitrogens with one attached hydrogen (secondary N) is 1. The van der Waals surface area contributed by atoms with E-state index in [2.05, 4.69) is 21.2 Å². The van der Waals surface area contributed by atoms with Crippen molar-refractivity contribution < 1.29 is 4.79 Å². The molecule has 1 rings (SSSR count). The monoisotopic (exact) mass is 334 g/mol. The van der Waals surface area contributed by atoms with Crippen molar-refractivity contribution in [3.05, 3.63) is 34.3 Å². The van der Waals surface area contributed by atoms with E-state index in [1.807, 2.05) is 45.3 Å². The fourth-order valence-electron chi connectivity index (χ4n) is 1.76. The lowest BCUT2D eigenvalue weighted by Crippen LogP contribution is -2.35. The van der Waals surface area contributed by atoms with Crippen molar-refractivity contribution in [2.45, 2.75) is 13.5 Å². The average molecular weight is 336 g/mol. The fourth-order valence-corrected chi connectivity index (χ4v) is 2.20. The number of benzene rings is 1. The lowest BCUT2D eigenvalue weighted by molar-refractivity contribution is -0.134. The Labute approximate surface area is 123 Å². The van der Waals surface area contributed by atoms with Gasteiger partial charge >= 0.3 is 0 Å². The molecule has 0 radical (unpaired) electrons. The molecule has 0 saturated carbocycles. The van der Waals surface area contributed by atoms with Crippen molar-refractivity contribution in [2.75, 3.05) is 20.6 Å². The van der Waals surface area contributed by atoms with Gasteiger partial charge in [0, 0.05) is 30.5 Å². The third-order valence-electron chi connectivity index (χ3n) is 2.62. The topological polar surface area (TPSA) is 32.3 Å². The van der Waals surface area contributed by atoms with Crippen LogP contribution in [0.2, 0.25) is 0 Å². The maximum Gasteiger partial charge on any atom is 0.226 e. The van der Waals surface area contributed by atoms with Crippen molar-refractivity contribution in [2.24, 2.45) is 5.92 Å². The SMILES string of the molecule is CNCC(C)C(=O)N(C)Cc1cccc(Br)c1.Cl. The Balaban J connectivity index is 0.00000289. The molecule has 1 N–H and O–H groups in total. The normalized spacial score (nSPS) is 11.6. The molecule has 1 unspecified atom stereocenters. The van der Waals surface area contributed by atoms with Crippen molar-refractivity contribution in [3.8, 4) is 0 Å². The first-order valence-electron chi connectivity index (χ1n) is 5.68. The molecule has 18 heavy (non-hydrogen) atoms. The number of halogens is 2. The number of hydrogen-bond acceptors (Lipinski definition) is 2. The second kappa shape index (κ2) is 8.51. The molecule has 0 aliphatic rings. The molecule has 0 heterocycles. The molecular weight excluding hydrogens is 316 g/mol. The minimum Gasteiger partial charge on any atom is -0.341 e. The molecule has 0 bridgehead atoms. The van der Waals surface area contributed by atoms with E-state index in [1.165, 1.54) is 0 Å². The van der Waals surface area contributed by atoms with Crippen LogP contribution in [0, 0.1) is 5.92 Å². The zero-order valence-corrected chi connectivity index (χ0v) is 13.3. The summed E-state index contributed by atoms with van der Waals surface area (Å²) in [6, 6.07) is 8.02. The highest BCUT2D eigenvalue weighted by Crippen LogP contribution is 2.13. The molecule has 0 spiro atoms. The van der Waals surface area contributed by atoms with Crippen molar-refractivity contribution in [3.63, 3.8) is 0 Å². The van der Waals surface area contributed by atoms with Gasteiger partial charge in [0.05, 0.1) is 0 Å². The molecule has 5 heteroatoms. The van der Waals surface area contributed by atoms with Crippen LogP contribution in [-0.4, -0.2) is 31.4 Å². The number of hydrogen-bond donors (Lipinski definition) is 1. The number of rotatable bonds is 5. The van der Waals surface area contributed by atoms with Gasteiger partial charge in [0.2, 0.25) is 5.91 Å². The first kappa shape index (κ1) is 17.4. The van der Waals surface area contributed by atoms with Crippen LogP contribution in [0.15, 0.2) is 28.7 Å². The van der Waals surface area contributed by atoms with Crippen LogP contribution in [0.5, 0.6) is 0 Å². The standard InChI is InChI=1S/C13H19BrN2O.ClH/c1-10(8-15-2)13(17)16(3)9-11-5-4-6-12(14)7-11;/h4-7,10,15H,8-9H2,1-3H3;1H. The van der Waals surface area contributed by atoms with Gasteiger partial charge in [-0.3, -0.25) is 4.79 Å². The van der Waals surface area contributed by atoms with Gasteiger partial charge in [-0.2, -0.15) is 0 Å². The van der Waals surface area contributed by atoms with Gasteiger partial charge in [0.1, 0.15) is 0 Å². The summed E-state index contributed by atoms with van der Waals surface area (Å²) in [6.45, 7) is 3.30. The second-order valence-corrected chi connectivity index (χ2v) is 5.20. The van der Waals surface area contributed by atoms with Crippen molar-refractivity contribution in [1.82, 2.24) is 10.2 Å². The molecule has 3 nitrogen and oxygen atoms in total. The summed E-state index contributed by atoms with van der Waals surface area (Å²) in [4.78, 5) is 13.8. The van der Waals surface area contributed by atoms with E-state index < -0.39 is 0 Å². The highest BCUT2D eigenvalue weighted by atomic mass is 79.9. The van der Waals surface area contributed by atoms with Crippen LogP contribution in [0.4, 0.5) is 0 Å². The number of amides is 1. The third kappa shape index (κ3) is 5.38. The zero-order chi connectivity index (χ0) is 12.8. The average Bonchev–Trinajstić information content (AvgIpc) is 2.28. The second-order valence-electron chi connectivity index (χ2n) is 4.28. The van der Waals surface area contributed by atoms with Crippen LogP contribution in [0.1, 0.15) is 12.5 Å². The van der Waals surface area contributed by atoms with E-state index in [4.69, 9.17) is 0 Å². The van der Waals surface area contributed by atoms with Crippen LogP contribution in [0.3, 0.4) is 0 Å². The molecule has 1 aromatic carbocycles. The number of carbonyl (C=O) groups excluding carboxylic acids is 1. The van der Waals surface area contributed by atoms with E-state index in [0.29, 0.717) is 13.1 Å². The smallest absolute Gasteiger partial charge is 0.226 e. The highest BCUT2D eigenvalue weighted by Gasteiger charge is 2.16. The fraction of sp³-hybridized carbons (Fsp3) is 0.462. The van der Waals surface area contributed by atoms with E-state index >= 15 is 0 Å². The minimum atomic E-state index is 0. The number of nitrogens with zero attached hydrogens (tertiary/aromatic N) is 1. The first-order valence-corrected chi connectivity index (χ1v) is 6.48. The zero-order valence-electron chi connectivity index (χ0n) is 10.9. The van der Waals surface area contributed by atoms with Crippen molar-refractivity contribution >= 4 is 34.2 Å². The molecule has 1 amide bonds. The Morgan fingerprint density at radius 1 is 1.50 bits per heavy atom. The third-order valence-corrected chi connectivity index (χ3v) is 3.11. The van der Waals surface area contributed by atoms with Crippen molar-refractivity contribution in [1.29, 1.82) is 0 Å². The number of carbonyl (C=O) groups is 1. The molecule has 0 fully saturated rings. The van der Waals surface area contributed by atoms with Crippen LogP contribution in [0.25, 0.3) is 0 Å². The van der Waals surface area contributed by atoms with Gasteiger partial charge in [0.15, 0.2) is 0 Å². The van der Waals surface area contributed by atoms with Gasteiger partial charge in [0.25, 0.3) is 0 Å². The highest BCUT2D eigenvalue weighted by molar-refractivity contribution is 9.10. The summed E-state index contributed by atoms with van der Waals surface area (Å²) in [5, 5.41) is 3.02. The summed E-state index contributed by atoms with van der Waals surface area (Å²) in [5.74, 6) is 0.177. The molecule has 102 valence electrons. The lowest BCUT2D eigenvalue weighted by atomic mass is 10.1. The Morgan fingerprint density at radius 2 is 2.17 bits per heavy atom. The van der Waals surface area contributed by atoms with Crippen LogP contribution in [-0.2, 0) is 11.3 Å². The summed E-state index contributed by atoms with van der Waals surface area (Å²) in [6.07, 6.45) is 0. The van der Waals surface area contributed by atoms with E-state index in [9.17, 15) is 4.79 Å². The molecule has 0 aliphatic carbocycles. The van der Waals surface area contributed by atoms with Gasteiger partial charge in [-0.25, -0.2) is 0 Å². The molecule has 1 atom stereocenters. The predicted molar refractivity (Wildman–Crippen MR) is 81.0 cm³/mol. The van der Waals surface area contributed by atoms with Crippen LogP contribution >= 0.6 is 28.3 Å². The molecule has 1 aromatic rings. The van der Waals surface area contributed by atoms with Gasteiger partial charge in [-0.1, -0.05) is 35.0 Å². The van der Waals surface area contributed by atoms with Gasteiger partial charge in [-0.15, -0.1) is 12.4 Å². The van der Waals surface area contributed by atoms with Crippen LogP contribution < -0.4 is 5.32 Å². The summed E-state index contributed by atoms with van der Waals surface area (Å²) in [7, 11) is 3.70. The quantitative estimate of drug-likeness (QED) is 0.897. The van der Waals surface area contributed by atoms with E-state index in [0.717, 1.165) is 10.0 Å². The first-order chi connectivity index (χ1) is 8.04. The predicted octanol–water partition coefficient (Wildman–Crippen LogP) is 2.68. The molecule has 0 aliphatic heterocycles. The maximum absolute atomic E-state index is 12.0. The Bertz CT molecular complexity index is 387. The largest absolute Gasteiger partial charge is 0.341 e. The summed E-state index contributed by atoms with van der Waals surface area (Å²) < 4.78 is 1.04. The lowest BCUT2D eigenvalue weighted by Gasteiger charge is -2.21. The van der Waals surface area contributed by atoms with E-state index in [1.54, 1.807) is 4.90 Å². The maximum atomic E-state index is 12.0. The Kier molecular flexibility index (Phi) is 8.24. The molecular formula is C13H20BrClN2O. The van der Waals surface area contributed by atoms with Gasteiger partial charge < -0.3 is 10.2 Å². The minimum absolute atomic E-state index is 0. The Hall–Kier alpha value is -0.580. The van der Waals surface area contributed by atoms with E-state index in [-0.39, 0.29) is 24.2 Å². The molecule has 0 aromatic heterocycles. The summed E-state index contributed by atoms with van der Waals surface area (Å²) in [5.41, 5.74) is 1.13. The Morgan fingerprint density at radius 3 is 2.72 bits per heavy atom. The summed E-state index contributed by atoms with van der Waals surface area (Å²) >= 11 is 3.43. The molecule has 0 saturated heterocycles.